The van der Waals surface area contributed by atoms with Crippen LogP contribution in [0.4, 0.5) is 5.69 Å². The summed E-state index contributed by atoms with van der Waals surface area (Å²) < 4.78 is 26.8. The minimum atomic E-state index is -3.70. The van der Waals surface area contributed by atoms with Crippen molar-refractivity contribution in [1.82, 2.24) is 9.21 Å². The molecule has 1 amide bonds. The molecule has 0 bridgehead atoms. The molecule has 0 aromatic heterocycles. The summed E-state index contributed by atoms with van der Waals surface area (Å²) in [6.45, 7) is 2.19. The van der Waals surface area contributed by atoms with Gasteiger partial charge in [-0.2, -0.15) is 4.31 Å². The number of hydrogen-bond donors (Lipinski definition) is 0. The van der Waals surface area contributed by atoms with E-state index < -0.39 is 14.9 Å². The maximum atomic E-state index is 12.8. The third kappa shape index (κ3) is 3.87. The van der Waals surface area contributed by atoms with E-state index in [0.29, 0.717) is 10.6 Å². The van der Waals surface area contributed by atoms with Gasteiger partial charge in [0, 0.05) is 48.4 Å². The van der Waals surface area contributed by atoms with Gasteiger partial charge < -0.3 is 4.90 Å². The van der Waals surface area contributed by atoms with Crippen LogP contribution in [0.2, 0.25) is 5.02 Å². The molecule has 8 nitrogen and oxygen atoms in total. The van der Waals surface area contributed by atoms with E-state index in [4.69, 9.17) is 11.6 Å². The highest BCUT2D eigenvalue weighted by molar-refractivity contribution is 7.89. The van der Waals surface area contributed by atoms with Gasteiger partial charge >= 0.3 is 0 Å². The lowest BCUT2D eigenvalue weighted by atomic mass is 10.1. The molecule has 0 unspecified atom stereocenters. The average Bonchev–Trinajstić information content (AvgIpc) is 2.67. The molecule has 148 valence electrons. The Morgan fingerprint density at radius 2 is 1.75 bits per heavy atom. The number of carbonyl (C=O) groups excluding carboxylic acids is 1. The van der Waals surface area contributed by atoms with E-state index in [-0.39, 0.29) is 48.2 Å². The number of rotatable bonds is 4. The monoisotopic (exact) mass is 423 g/mol. The highest BCUT2D eigenvalue weighted by Crippen LogP contribution is 2.24. The summed E-state index contributed by atoms with van der Waals surface area (Å²) in [5, 5.41) is 11.4. The van der Waals surface area contributed by atoms with E-state index in [1.54, 1.807) is 18.2 Å². The van der Waals surface area contributed by atoms with Crippen molar-refractivity contribution in [2.75, 3.05) is 26.2 Å². The van der Waals surface area contributed by atoms with Crippen molar-refractivity contribution in [3.8, 4) is 0 Å². The molecule has 3 rings (SSSR count). The Morgan fingerprint density at radius 3 is 2.36 bits per heavy atom. The highest BCUT2D eigenvalue weighted by Gasteiger charge is 2.31. The van der Waals surface area contributed by atoms with Gasteiger partial charge in [0.1, 0.15) is 0 Å². The third-order valence-corrected chi connectivity index (χ3v) is 6.82. The molecule has 0 aliphatic carbocycles. The Bertz CT molecular complexity index is 1030. The number of carbonyl (C=O) groups is 1. The predicted octanol–water partition coefficient (Wildman–Crippen LogP) is 2.70. The van der Waals surface area contributed by atoms with Gasteiger partial charge in [0.2, 0.25) is 10.0 Å². The first kappa shape index (κ1) is 20.2. The lowest BCUT2D eigenvalue weighted by Crippen LogP contribution is -2.50. The van der Waals surface area contributed by atoms with Crippen LogP contribution in [-0.4, -0.2) is 54.6 Å². The molecular formula is C18H18ClN3O5S. The second-order valence-corrected chi connectivity index (χ2v) is 8.73. The highest BCUT2D eigenvalue weighted by atomic mass is 35.5. The Kier molecular flexibility index (Phi) is 5.69. The summed E-state index contributed by atoms with van der Waals surface area (Å²) in [6, 6.07) is 10.4. The number of halogens is 1. The van der Waals surface area contributed by atoms with Crippen molar-refractivity contribution in [3.63, 3.8) is 0 Å². The third-order valence-electron chi connectivity index (χ3n) is 4.69. The number of sulfonamides is 1. The van der Waals surface area contributed by atoms with Crippen molar-refractivity contribution in [2.45, 2.75) is 11.8 Å². The van der Waals surface area contributed by atoms with Crippen LogP contribution in [0.3, 0.4) is 0 Å². The van der Waals surface area contributed by atoms with Gasteiger partial charge in [-0.1, -0.05) is 23.7 Å². The normalized spacial score (nSPS) is 15.4. The van der Waals surface area contributed by atoms with Crippen LogP contribution < -0.4 is 0 Å². The molecular weight excluding hydrogens is 406 g/mol. The Labute approximate surface area is 167 Å². The smallest absolute Gasteiger partial charge is 0.273 e. The summed E-state index contributed by atoms with van der Waals surface area (Å²) in [4.78, 5) is 25.0. The second kappa shape index (κ2) is 7.86. The summed E-state index contributed by atoms with van der Waals surface area (Å²) in [7, 11) is -3.70. The quantitative estimate of drug-likeness (QED) is 0.555. The predicted molar refractivity (Wildman–Crippen MR) is 104 cm³/mol. The molecule has 10 heteroatoms. The maximum Gasteiger partial charge on any atom is 0.273 e. The number of benzene rings is 2. The molecule has 1 aliphatic rings. The Hall–Kier alpha value is -2.49. The van der Waals surface area contributed by atoms with Crippen LogP contribution in [0.1, 0.15) is 15.9 Å². The molecule has 0 atom stereocenters. The summed E-state index contributed by atoms with van der Waals surface area (Å²) in [5.74, 6) is -0.346. The van der Waals surface area contributed by atoms with Crippen molar-refractivity contribution in [2.24, 2.45) is 0 Å². The van der Waals surface area contributed by atoms with E-state index in [2.05, 4.69) is 0 Å². The largest absolute Gasteiger partial charge is 0.336 e. The van der Waals surface area contributed by atoms with E-state index in [1.807, 2.05) is 0 Å². The number of amides is 1. The van der Waals surface area contributed by atoms with Gasteiger partial charge in [-0.25, -0.2) is 8.42 Å². The van der Waals surface area contributed by atoms with Crippen LogP contribution in [0.15, 0.2) is 47.4 Å². The average molecular weight is 424 g/mol. The van der Waals surface area contributed by atoms with Gasteiger partial charge in [0.05, 0.1) is 9.82 Å². The van der Waals surface area contributed by atoms with Crippen LogP contribution >= 0.6 is 11.6 Å². The first-order valence-corrected chi connectivity index (χ1v) is 10.3. The standard InChI is InChI=1S/C18H18ClN3O5S/c1-13-16(6-3-7-17(13)22(24)25)18(23)20-8-10-21(11-9-20)28(26,27)15-5-2-4-14(19)12-15/h2-7,12H,8-11H2,1H3. The summed E-state index contributed by atoms with van der Waals surface area (Å²) in [5.41, 5.74) is 0.430. The fourth-order valence-electron chi connectivity index (χ4n) is 3.13. The molecule has 1 aliphatic heterocycles. The number of hydrogen-bond acceptors (Lipinski definition) is 5. The van der Waals surface area contributed by atoms with E-state index in [9.17, 15) is 23.3 Å². The van der Waals surface area contributed by atoms with E-state index in [1.165, 1.54) is 40.4 Å². The van der Waals surface area contributed by atoms with Crippen LogP contribution in [0, 0.1) is 17.0 Å². The van der Waals surface area contributed by atoms with E-state index >= 15 is 0 Å². The van der Waals surface area contributed by atoms with Gasteiger partial charge in [-0.05, 0) is 31.2 Å². The minimum Gasteiger partial charge on any atom is -0.336 e. The van der Waals surface area contributed by atoms with Gasteiger partial charge in [-0.15, -0.1) is 0 Å². The minimum absolute atomic E-state index is 0.106. The number of nitro groups is 1. The lowest BCUT2D eigenvalue weighted by Gasteiger charge is -2.34. The second-order valence-electron chi connectivity index (χ2n) is 6.36. The van der Waals surface area contributed by atoms with Crippen molar-refractivity contribution in [1.29, 1.82) is 0 Å². The zero-order valence-electron chi connectivity index (χ0n) is 15.0. The van der Waals surface area contributed by atoms with Crippen LogP contribution in [0.25, 0.3) is 0 Å². The van der Waals surface area contributed by atoms with E-state index in [0.717, 1.165) is 0 Å². The fraction of sp³-hybridized carbons (Fsp3) is 0.278. The summed E-state index contributed by atoms with van der Waals surface area (Å²) in [6.07, 6.45) is 0. The SMILES string of the molecule is Cc1c(C(=O)N2CCN(S(=O)(=O)c3cccc(Cl)c3)CC2)cccc1[N+](=O)[O-]. The van der Waals surface area contributed by atoms with Gasteiger partial charge in [0.25, 0.3) is 11.6 Å². The maximum absolute atomic E-state index is 12.8. The first-order valence-electron chi connectivity index (χ1n) is 8.51. The fourth-order valence-corrected chi connectivity index (χ4v) is 4.85. The molecule has 1 heterocycles. The number of nitro benzene ring substituents is 1. The molecule has 0 saturated carbocycles. The zero-order valence-corrected chi connectivity index (χ0v) is 16.6. The van der Waals surface area contributed by atoms with Gasteiger partial charge in [-0.3, -0.25) is 14.9 Å². The molecule has 0 N–H and O–H groups in total. The van der Waals surface area contributed by atoms with Gasteiger partial charge in [0.15, 0.2) is 0 Å². The molecule has 28 heavy (non-hydrogen) atoms. The topological polar surface area (TPSA) is 101 Å². The lowest BCUT2D eigenvalue weighted by molar-refractivity contribution is -0.385. The Morgan fingerprint density at radius 1 is 1.11 bits per heavy atom. The van der Waals surface area contributed by atoms with Crippen molar-refractivity contribution >= 4 is 33.2 Å². The van der Waals surface area contributed by atoms with Crippen LogP contribution in [0.5, 0.6) is 0 Å². The Balaban J connectivity index is 1.75. The molecule has 0 radical (unpaired) electrons. The summed E-state index contributed by atoms with van der Waals surface area (Å²) >= 11 is 5.89. The molecule has 1 saturated heterocycles. The van der Waals surface area contributed by atoms with Crippen molar-refractivity contribution in [3.05, 3.63) is 68.7 Å². The molecule has 2 aromatic rings. The zero-order chi connectivity index (χ0) is 20.5. The molecule has 1 fully saturated rings. The van der Waals surface area contributed by atoms with Crippen molar-refractivity contribution < 1.29 is 18.1 Å². The first-order chi connectivity index (χ1) is 13.2. The molecule has 2 aromatic carbocycles. The number of piperazine rings is 1. The number of nitrogens with zero attached hydrogens (tertiary/aromatic N) is 3. The van der Waals surface area contributed by atoms with Crippen LogP contribution in [-0.2, 0) is 10.0 Å². The molecule has 0 spiro atoms.